The van der Waals surface area contributed by atoms with Crippen LogP contribution >= 0.6 is 0 Å². The lowest BCUT2D eigenvalue weighted by Gasteiger charge is -2.08. The number of carbonyl (C=O) groups is 2. The molecular weight excluding hydrogens is 254 g/mol. The first-order valence-corrected chi connectivity index (χ1v) is 7.00. The average Bonchev–Trinajstić information content (AvgIpc) is 2.82. The fourth-order valence-corrected chi connectivity index (χ4v) is 2.61. The summed E-state index contributed by atoms with van der Waals surface area (Å²) in [5, 5.41) is 2.65. The third-order valence-electron chi connectivity index (χ3n) is 3.64. The molecular formula is C15H21N3O2. The van der Waals surface area contributed by atoms with Crippen molar-refractivity contribution in [3.05, 3.63) is 28.7 Å². The molecule has 0 aromatic carbocycles. The molecule has 2 rings (SSSR count). The lowest BCUT2D eigenvalue weighted by Crippen LogP contribution is -2.31. The van der Waals surface area contributed by atoms with Gasteiger partial charge in [-0.2, -0.15) is 0 Å². The minimum absolute atomic E-state index is 0.238. The second kappa shape index (κ2) is 5.53. The molecule has 20 heavy (non-hydrogen) atoms. The molecule has 3 amide bonds. The predicted molar refractivity (Wildman–Crippen MR) is 78.1 cm³/mol. The van der Waals surface area contributed by atoms with E-state index in [-0.39, 0.29) is 11.9 Å². The van der Waals surface area contributed by atoms with E-state index >= 15 is 0 Å². The third-order valence-corrected chi connectivity index (χ3v) is 3.64. The highest BCUT2D eigenvalue weighted by Gasteiger charge is 2.32. The molecule has 0 spiro atoms. The minimum atomic E-state index is -0.326. The minimum Gasteiger partial charge on any atom is -0.349 e. The lowest BCUT2D eigenvalue weighted by atomic mass is 10.2. The van der Waals surface area contributed by atoms with Crippen molar-refractivity contribution < 1.29 is 9.59 Å². The van der Waals surface area contributed by atoms with Crippen LogP contribution in [-0.2, 0) is 11.3 Å². The molecule has 5 heteroatoms. The van der Waals surface area contributed by atoms with Gasteiger partial charge in [0.25, 0.3) is 5.91 Å². The molecule has 1 saturated heterocycles. The van der Waals surface area contributed by atoms with Crippen molar-refractivity contribution in [1.29, 1.82) is 0 Å². The van der Waals surface area contributed by atoms with Crippen LogP contribution in [0.2, 0.25) is 0 Å². The molecule has 0 bridgehead atoms. The highest BCUT2D eigenvalue weighted by molar-refractivity contribution is 6.14. The largest absolute Gasteiger partial charge is 0.349 e. The van der Waals surface area contributed by atoms with Crippen molar-refractivity contribution in [2.45, 2.75) is 40.7 Å². The number of rotatable bonds is 4. The second-order valence-electron chi connectivity index (χ2n) is 5.02. The number of urea groups is 1. The van der Waals surface area contributed by atoms with E-state index in [2.05, 4.69) is 16.8 Å². The molecule has 1 aromatic heterocycles. The molecule has 1 fully saturated rings. The van der Waals surface area contributed by atoms with Crippen LogP contribution in [0.25, 0.3) is 6.08 Å². The van der Waals surface area contributed by atoms with Crippen LogP contribution in [0.5, 0.6) is 0 Å². The maximum absolute atomic E-state index is 12.2. The molecule has 2 heterocycles. The molecule has 1 aliphatic rings. The maximum atomic E-state index is 12.2. The molecule has 0 unspecified atom stereocenters. The van der Waals surface area contributed by atoms with Crippen LogP contribution in [0.4, 0.5) is 4.79 Å². The number of aryl methyl sites for hydroxylation is 1. The lowest BCUT2D eigenvalue weighted by molar-refractivity contribution is -0.122. The summed E-state index contributed by atoms with van der Waals surface area (Å²) in [6.45, 7) is 9.43. The number of amides is 3. The van der Waals surface area contributed by atoms with Crippen LogP contribution in [0, 0.1) is 13.8 Å². The fraction of sp³-hybridized carbons (Fsp3) is 0.467. The first kappa shape index (κ1) is 14.4. The molecule has 0 atom stereocenters. The fourth-order valence-electron chi connectivity index (χ4n) is 2.61. The zero-order valence-electron chi connectivity index (χ0n) is 12.5. The summed E-state index contributed by atoms with van der Waals surface area (Å²) in [6.07, 6.45) is 2.53. The summed E-state index contributed by atoms with van der Waals surface area (Å²) in [6, 6.07) is 1.71. The molecule has 0 aliphatic carbocycles. The van der Waals surface area contributed by atoms with Gasteiger partial charge in [0.05, 0.1) is 0 Å². The molecule has 1 aliphatic heterocycles. The average molecular weight is 275 g/mol. The highest BCUT2D eigenvalue weighted by Crippen LogP contribution is 2.20. The first-order chi connectivity index (χ1) is 9.49. The molecule has 0 radical (unpaired) electrons. The van der Waals surface area contributed by atoms with Crippen molar-refractivity contribution in [1.82, 2.24) is 14.8 Å². The molecule has 108 valence electrons. The zero-order valence-corrected chi connectivity index (χ0v) is 12.5. The Morgan fingerprint density at radius 3 is 2.50 bits per heavy atom. The third kappa shape index (κ3) is 2.35. The smallest absolute Gasteiger partial charge is 0.329 e. The number of hydrogen-bond donors (Lipinski definition) is 1. The second-order valence-corrected chi connectivity index (χ2v) is 5.02. The van der Waals surface area contributed by atoms with E-state index in [9.17, 15) is 9.59 Å². The van der Waals surface area contributed by atoms with Crippen LogP contribution in [-0.4, -0.2) is 28.0 Å². The summed E-state index contributed by atoms with van der Waals surface area (Å²) in [5.74, 6) is -0.238. The van der Waals surface area contributed by atoms with E-state index in [1.807, 2.05) is 26.8 Å². The summed E-state index contributed by atoms with van der Waals surface area (Å²) in [7, 11) is 0. The Kier molecular flexibility index (Phi) is 3.97. The van der Waals surface area contributed by atoms with E-state index in [0.29, 0.717) is 12.2 Å². The van der Waals surface area contributed by atoms with Crippen LogP contribution in [0.3, 0.4) is 0 Å². The van der Waals surface area contributed by atoms with Crippen molar-refractivity contribution >= 4 is 18.0 Å². The number of nitrogens with zero attached hydrogens (tertiary/aromatic N) is 2. The summed E-state index contributed by atoms with van der Waals surface area (Å²) >= 11 is 0. The summed E-state index contributed by atoms with van der Waals surface area (Å²) in [4.78, 5) is 25.1. The van der Waals surface area contributed by atoms with E-state index in [4.69, 9.17) is 0 Å². The molecule has 5 nitrogen and oxygen atoms in total. The normalized spacial score (nSPS) is 17.2. The Morgan fingerprint density at radius 1 is 1.25 bits per heavy atom. The summed E-state index contributed by atoms with van der Waals surface area (Å²) < 4.78 is 2.18. The molecule has 1 aromatic rings. The Balaban J connectivity index is 2.33. The van der Waals surface area contributed by atoms with Gasteiger partial charge in [-0.1, -0.05) is 6.92 Å². The predicted octanol–water partition coefficient (Wildman–Crippen LogP) is 2.43. The molecule has 0 saturated carbocycles. The topological polar surface area (TPSA) is 54.3 Å². The van der Waals surface area contributed by atoms with Gasteiger partial charge < -0.3 is 9.88 Å². The Labute approximate surface area is 119 Å². The van der Waals surface area contributed by atoms with Crippen molar-refractivity contribution in [3.63, 3.8) is 0 Å². The number of aromatic nitrogens is 1. The van der Waals surface area contributed by atoms with E-state index in [1.165, 1.54) is 4.90 Å². The van der Waals surface area contributed by atoms with Gasteiger partial charge in [0.15, 0.2) is 0 Å². The number of hydrogen-bond acceptors (Lipinski definition) is 2. The van der Waals surface area contributed by atoms with Gasteiger partial charge in [0.2, 0.25) is 0 Å². The maximum Gasteiger partial charge on any atom is 0.329 e. The van der Waals surface area contributed by atoms with Crippen molar-refractivity contribution in [2.24, 2.45) is 0 Å². The Morgan fingerprint density at radius 2 is 1.95 bits per heavy atom. The highest BCUT2D eigenvalue weighted by atomic mass is 16.2. The summed E-state index contributed by atoms with van der Waals surface area (Å²) in [5.41, 5.74) is 3.60. The monoisotopic (exact) mass is 275 g/mol. The van der Waals surface area contributed by atoms with Gasteiger partial charge >= 0.3 is 6.03 Å². The van der Waals surface area contributed by atoms with Crippen LogP contribution in [0.1, 0.15) is 37.2 Å². The number of nitrogens with one attached hydrogen (secondary N) is 1. The first-order valence-electron chi connectivity index (χ1n) is 7.00. The van der Waals surface area contributed by atoms with E-state index in [1.54, 1.807) is 6.08 Å². The van der Waals surface area contributed by atoms with Gasteiger partial charge in [-0.3, -0.25) is 9.69 Å². The standard InChI is InChI=1S/C15H21N3O2/c1-5-7-18-14(19)13(16-15(18)20)9-12-8-10(3)17(6-2)11(12)4/h8-9H,5-7H2,1-4H3,(H,16,20)/b13-9+. The van der Waals surface area contributed by atoms with Gasteiger partial charge in [-0.15, -0.1) is 0 Å². The van der Waals surface area contributed by atoms with E-state index in [0.717, 1.165) is 29.9 Å². The van der Waals surface area contributed by atoms with Gasteiger partial charge in [0.1, 0.15) is 5.70 Å². The van der Waals surface area contributed by atoms with Gasteiger partial charge in [-0.25, -0.2) is 4.79 Å². The van der Waals surface area contributed by atoms with Crippen LogP contribution in [0.15, 0.2) is 11.8 Å². The molecule has 1 N–H and O–H groups in total. The van der Waals surface area contributed by atoms with Gasteiger partial charge in [-0.05, 0) is 44.9 Å². The SMILES string of the molecule is CCCN1C(=O)N/C(=C/c2cc(C)n(CC)c2C)C1=O. The zero-order chi connectivity index (χ0) is 14.9. The van der Waals surface area contributed by atoms with Crippen LogP contribution < -0.4 is 5.32 Å². The number of carbonyl (C=O) groups excluding carboxylic acids is 2. The Hall–Kier alpha value is -2.04. The van der Waals surface area contributed by atoms with Gasteiger partial charge in [0, 0.05) is 24.5 Å². The Bertz CT molecular complexity index is 584. The van der Waals surface area contributed by atoms with Crippen molar-refractivity contribution in [2.75, 3.05) is 6.54 Å². The van der Waals surface area contributed by atoms with E-state index < -0.39 is 0 Å². The quantitative estimate of drug-likeness (QED) is 0.677. The number of imide groups is 1. The van der Waals surface area contributed by atoms with Crippen molar-refractivity contribution in [3.8, 4) is 0 Å².